The number of benzene rings is 2. The molecule has 0 N–H and O–H groups in total. The SMILES string of the molecule is CN(Cc1cccc(Br)c1)c1ccc2c(c1)OC(F)(F)O2. The van der Waals surface area contributed by atoms with Gasteiger partial charge in [0.25, 0.3) is 0 Å². The molecule has 1 heterocycles. The molecule has 0 atom stereocenters. The van der Waals surface area contributed by atoms with Crippen LogP contribution in [-0.2, 0) is 6.54 Å². The van der Waals surface area contributed by atoms with Crippen LogP contribution < -0.4 is 14.4 Å². The van der Waals surface area contributed by atoms with E-state index in [1.54, 1.807) is 12.1 Å². The van der Waals surface area contributed by atoms with Gasteiger partial charge in [0.2, 0.25) is 0 Å². The lowest BCUT2D eigenvalue weighted by Crippen LogP contribution is -2.25. The summed E-state index contributed by atoms with van der Waals surface area (Å²) >= 11 is 3.42. The molecule has 0 amide bonds. The van der Waals surface area contributed by atoms with Crippen LogP contribution in [0.4, 0.5) is 14.5 Å². The Bertz CT molecular complexity index is 678. The van der Waals surface area contributed by atoms with Crippen LogP contribution >= 0.6 is 15.9 Å². The van der Waals surface area contributed by atoms with E-state index in [0.29, 0.717) is 6.54 Å². The van der Waals surface area contributed by atoms with Crippen molar-refractivity contribution < 1.29 is 18.3 Å². The summed E-state index contributed by atoms with van der Waals surface area (Å²) in [6.07, 6.45) is -3.58. The first-order valence-electron chi connectivity index (χ1n) is 6.28. The van der Waals surface area contributed by atoms with Gasteiger partial charge in [-0.05, 0) is 29.8 Å². The molecule has 110 valence electrons. The smallest absolute Gasteiger partial charge is 0.395 e. The fourth-order valence-electron chi connectivity index (χ4n) is 2.18. The zero-order valence-electron chi connectivity index (χ0n) is 11.1. The molecule has 0 bridgehead atoms. The third-order valence-corrected chi connectivity index (χ3v) is 3.63. The van der Waals surface area contributed by atoms with Gasteiger partial charge in [0.1, 0.15) is 0 Å². The van der Waals surface area contributed by atoms with Crippen LogP contribution in [0.2, 0.25) is 0 Å². The van der Waals surface area contributed by atoms with Crippen LogP contribution in [0.15, 0.2) is 46.9 Å². The molecule has 0 aromatic heterocycles. The second-order valence-electron chi connectivity index (χ2n) is 4.78. The number of nitrogens with zero attached hydrogens (tertiary/aromatic N) is 1. The van der Waals surface area contributed by atoms with E-state index in [-0.39, 0.29) is 11.5 Å². The molecule has 6 heteroatoms. The maximum Gasteiger partial charge on any atom is 0.586 e. The van der Waals surface area contributed by atoms with Crippen LogP contribution in [0.25, 0.3) is 0 Å². The van der Waals surface area contributed by atoms with E-state index in [9.17, 15) is 8.78 Å². The van der Waals surface area contributed by atoms with Crippen LogP contribution in [0.3, 0.4) is 0 Å². The fraction of sp³-hybridized carbons (Fsp3) is 0.200. The minimum Gasteiger partial charge on any atom is -0.395 e. The maximum atomic E-state index is 13.0. The van der Waals surface area contributed by atoms with Crippen LogP contribution in [-0.4, -0.2) is 13.3 Å². The molecule has 21 heavy (non-hydrogen) atoms. The van der Waals surface area contributed by atoms with Crippen molar-refractivity contribution >= 4 is 21.6 Å². The van der Waals surface area contributed by atoms with Gasteiger partial charge in [-0.25, -0.2) is 0 Å². The summed E-state index contributed by atoms with van der Waals surface area (Å²) in [6, 6.07) is 12.7. The number of hydrogen-bond donors (Lipinski definition) is 0. The number of fused-ring (bicyclic) bond motifs is 1. The van der Waals surface area contributed by atoms with Crippen LogP contribution in [0.5, 0.6) is 11.5 Å². The Kier molecular flexibility index (Phi) is 3.49. The minimum absolute atomic E-state index is 0.0543. The molecular formula is C15H12BrF2NO2. The van der Waals surface area contributed by atoms with Crippen molar-refractivity contribution in [3.8, 4) is 11.5 Å². The monoisotopic (exact) mass is 355 g/mol. The number of rotatable bonds is 3. The van der Waals surface area contributed by atoms with E-state index in [4.69, 9.17) is 0 Å². The molecule has 0 aliphatic carbocycles. The van der Waals surface area contributed by atoms with Crippen molar-refractivity contribution in [2.24, 2.45) is 0 Å². The lowest BCUT2D eigenvalue weighted by atomic mass is 10.2. The van der Waals surface area contributed by atoms with E-state index < -0.39 is 6.29 Å². The molecule has 1 aliphatic heterocycles. The van der Waals surface area contributed by atoms with E-state index in [1.165, 1.54) is 6.07 Å². The second-order valence-corrected chi connectivity index (χ2v) is 5.70. The number of ether oxygens (including phenoxy) is 2. The lowest BCUT2D eigenvalue weighted by molar-refractivity contribution is -0.286. The predicted octanol–water partition coefficient (Wildman–Crippen LogP) is 4.41. The van der Waals surface area contributed by atoms with E-state index in [2.05, 4.69) is 25.4 Å². The molecular weight excluding hydrogens is 344 g/mol. The molecule has 2 aromatic carbocycles. The zero-order valence-corrected chi connectivity index (χ0v) is 12.7. The molecule has 0 unspecified atom stereocenters. The van der Waals surface area contributed by atoms with Crippen molar-refractivity contribution in [2.45, 2.75) is 12.8 Å². The van der Waals surface area contributed by atoms with Crippen molar-refractivity contribution in [3.63, 3.8) is 0 Å². The Morgan fingerprint density at radius 2 is 1.86 bits per heavy atom. The summed E-state index contributed by atoms with van der Waals surface area (Å²) in [5, 5.41) is 0. The van der Waals surface area contributed by atoms with Gasteiger partial charge in [-0.2, -0.15) is 0 Å². The van der Waals surface area contributed by atoms with Crippen molar-refractivity contribution in [3.05, 3.63) is 52.5 Å². The van der Waals surface area contributed by atoms with Gasteiger partial charge in [0.15, 0.2) is 11.5 Å². The molecule has 0 fully saturated rings. The first-order chi connectivity index (χ1) is 9.93. The molecule has 1 aliphatic rings. The third-order valence-electron chi connectivity index (χ3n) is 3.13. The summed E-state index contributed by atoms with van der Waals surface area (Å²) in [5.41, 5.74) is 1.88. The summed E-state index contributed by atoms with van der Waals surface area (Å²) in [6.45, 7) is 0.648. The maximum absolute atomic E-state index is 13.0. The van der Waals surface area contributed by atoms with Gasteiger partial charge >= 0.3 is 6.29 Å². The summed E-state index contributed by atoms with van der Waals surface area (Å²) in [5.74, 6) is 0.109. The average molecular weight is 356 g/mol. The van der Waals surface area contributed by atoms with Gasteiger partial charge in [0.05, 0.1) is 0 Å². The number of halogens is 3. The summed E-state index contributed by atoms with van der Waals surface area (Å²) < 4.78 is 35.8. The number of alkyl halides is 2. The molecule has 0 saturated heterocycles. The molecule has 2 aromatic rings. The average Bonchev–Trinajstić information content (AvgIpc) is 2.71. The number of anilines is 1. The highest BCUT2D eigenvalue weighted by Crippen LogP contribution is 2.42. The normalized spacial score (nSPS) is 15.0. The van der Waals surface area contributed by atoms with Gasteiger partial charge < -0.3 is 14.4 Å². The second kappa shape index (κ2) is 5.18. The Morgan fingerprint density at radius 3 is 2.62 bits per heavy atom. The molecule has 0 radical (unpaired) electrons. The van der Waals surface area contributed by atoms with Gasteiger partial charge in [-0.3, -0.25) is 0 Å². The molecule has 3 nitrogen and oxygen atoms in total. The minimum atomic E-state index is -3.58. The molecule has 0 spiro atoms. The van der Waals surface area contributed by atoms with Crippen LogP contribution in [0.1, 0.15) is 5.56 Å². The third kappa shape index (κ3) is 3.10. The first-order valence-corrected chi connectivity index (χ1v) is 7.08. The zero-order chi connectivity index (χ0) is 15.0. The summed E-state index contributed by atoms with van der Waals surface area (Å²) in [4.78, 5) is 1.95. The van der Waals surface area contributed by atoms with Crippen molar-refractivity contribution in [1.29, 1.82) is 0 Å². The highest BCUT2D eigenvalue weighted by atomic mass is 79.9. The van der Waals surface area contributed by atoms with E-state index >= 15 is 0 Å². The molecule has 3 rings (SSSR count). The van der Waals surface area contributed by atoms with Gasteiger partial charge in [-0.15, -0.1) is 8.78 Å². The first kappa shape index (κ1) is 14.1. The van der Waals surface area contributed by atoms with Gasteiger partial charge in [0, 0.05) is 29.8 Å². The van der Waals surface area contributed by atoms with E-state index in [0.717, 1.165) is 15.7 Å². The van der Waals surface area contributed by atoms with Crippen molar-refractivity contribution in [1.82, 2.24) is 0 Å². The summed E-state index contributed by atoms with van der Waals surface area (Å²) in [7, 11) is 1.89. The lowest BCUT2D eigenvalue weighted by Gasteiger charge is -2.19. The number of hydrogen-bond acceptors (Lipinski definition) is 3. The highest BCUT2D eigenvalue weighted by Gasteiger charge is 2.43. The standard InChI is InChI=1S/C15H12BrF2NO2/c1-19(9-10-3-2-4-11(16)7-10)12-5-6-13-14(8-12)21-15(17,18)20-13/h2-8H,9H2,1H3. The largest absolute Gasteiger partial charge is 0.586 e. The Balaban J connectivity index is 1.79. The van der Waals surface area contributed by atoms with Crippen LogP contribution in [0, 0.1) is 0 Å². The van der Waals surface area contributed by atoms with Gasteiger partial charge in [-0.1, -0.05) is 28.1 Å². The Hall–Kier alpha value is -1.82. The topological polar surface area (TPSA) is 21.7 Å². The quantitative estimate of drug-likeness (QED) is 0.813. The van der Waals surface area contributed by atoms with E-state index in [1.807, 2.05) is 36.2 Å². The predicted molar refractivity (Wildman–Crippen MR) is 78.9 cm³/mol. The molecule has 0 saturated carbocycles. The Morgan fingerprint density at radius 1 is 1.10 bits per heavy atom. The van der Waals surface area contributed by atoms with Crippen molar-refractivity contribution in [2.75, 3.05) is 11.9 Å². The fourth-order valence-corrected chi connectivity index (χ4v) is 2.62. The highest BCUT2D eigenvalue weighted by molar-refractivity contribution is 9.10. The Labute approximate surface area is 129 Å².